The van der Waals surface area contributed by atoms with Crippen molar-refractivity contribution in [3.05, 3.63) is 18.2 Å². The van der Waals surface area contributed by atoms with Gasteiger partial charge in [0.15, 0.2) is 17.5 Å². The SMILES string of the molecule is CC(C)CN(CCCNC(=O)OC1C2CC3C(OCC34COC14)O2)S(=O)(=O)c1ccc2nc(NC3CC3)sc2c1. The number of rotatable bonds is 11. The zero-order valence-corrected chi connectivity index (χ0v) is 24.3. The lowest BCUT2D eigenvalue weighted by Crippen LogP contribution is -2.67. The first-order valence-corrected chi connectivity index (χ1v) is 16.5. The molecule has 6 atom stereocenters. The highest BCUT2D eigenvalue weighted by Crippen LogP contribution is 2.60. The van der Waals surface area contributed by atoms with Crippen molar-refractivity contribution in [2.75, 3.05) is 38.2 Å². The summed E-state index contributed by atoms with van der Waals surface area (Å²) in [5.41, 5.74) is 0.687. The maximum absolute atomic E-state index is 13.6. The third-order valence-electron chi connectivity index (χ3n) is 8.71. The number of nitrogens with one attached hydrogen (secondary N) is 2. The third kappa shape index (κ3) is 4.68. The lowest BCUT2D eigenvalue weighted by Gasteiger charge is -2.54. The molecule has 5 aliphatic rings. The van der Waals surface area contributed by atoms with Crippen molar-refractivity contribution in [3.63, 3.8) is 0 Å². The Hall–Kier alpha value is -2.03. The van der Waals surface area contributed by atoms with E-state index >= 15 is 0 Å². The number of thiazole rings is 1. The molecular weight excluding hydrogens is 556 g/mol. The number of hydrogen-bond donors (Lipinski definition) is 2. The van der Waals surface area contributed by atoms with Gasteiger partial charge in [0, 0.05) is 31.6 Å². The molecule has 5 fully saturated rings. The van der Waals surface area contributed by atoms with Crippen LogP contribution in [-0.4, -0.2) is 87.3 Å². The van der Waals surface area contributed by atoms with Gasteiger partial charge in [0.1, 0.15) is 12.2 Å². The van der Waals surface area contributed by atoms with Crippen LogP contribution in [0.25, 0.3) is 10.2 Å². The van der Waals surface area contributed by atoms with E-state index in [0.717, 1.165) is 34.6 Å². The van der Waals surface area contributed by atoms with Crippen molar-refractivity contribution in [3.8, 4) is 0 Å². The van der Waals surface area contributed by atoms with E-state index in [9.17, 15) is 13.2 Å². The second kappa shape index (κ2) is 10.1. The molecule has 3 aliphatic heterocycles. The van der Waals surface area contributed by atoms with Crippen LogP contribution in [0.1, 0.15) is 39.5 Å². The molecule has 2 saturated carbocycles. The number of anilines is 1. The van der Waals surface area contributed by atoms with E-state index < -0.39 is 22.2 Å². The lowest BCUT2D eigenvalue weighted by atomic mass is 9.62. The molecule has 2 aromatic rings. The van der Waals surface area contributed by atoms with Gasteiger partial charge in [0.2, 0.25) is 10.0 Å². The van der Waals surface area contributed by atoms with Crippen molar-refractivity contribution in [2.45, 2.75) is 75.1 Å². The fraction of sp³-hybridized carbons (Fsp3) is 0.704. The highest BCUT2D eigenvalue weighted by atomic mass is 32.2. The smallest absolute Gasteiger partial charge is 0.407 e. The second-order valence-corrected chi connectivity index (χ2v) is 15.1. The Bertz CT molecular complexity index is 1400. The van der Waals surface area contributed by atoms with Crippen LogP contribution < -0.4 is 10.6 Å². The minimum atomic E-state index is -3.73. The van der Waals surface area contributed by atoms with Crippen molar-refractivity contribution < 1.29 is 32.2 Å². The van der Waals surface area contributed by atoms with Gasteiger partial charge < -0.3 is 29.6 Å². The summed E-state index contributed by atoms with van der Waals surface area (Å²) in [6, 6.07) is 5.61. The van der Waals surface area contributed by atoms with Gasteiger partial charge in [-0.25, -0.2) is 18.2 Å². The van der Waals surface area contributed by atoms with Crippen LogP contribution in [-0.2, 0) is 29.0 Å². The summed E-state index contributed by atoms with van der Waals surface area (Å²) in [6.07, 6.45) is 1.92. The second-order valence-electron chi connectivity index (χ2n) is 12.1. The van der Waals surface area contributed by atoms with Crippen LogP contribution in [0.3, 0.4) is 0 Å². The van der Waals surface area contributed by atoms with E-state index in [4.69, 9.17) is 18.9 Å². The van der Waals surface area contributed by atoms with Gasteiger partial charge in [0.25, 0.3) is 0 Å². The summed E-state index contributed by atoms with van der Waals surface area (Å²) in [6.45, 7) is 6.13. The van der Waals surface area contributed by atoms with Crippen molar-refractivity contribution >= 4 is 42.8 Å². The molecule has 2 N–H and O–H groups in total. The van der Waals surface area contributed by atoms with Crippen LogP contribution in [0.5, 0.6) is 0 Å². The van der Waals surface area contributed by atoms with Gasteiger partial charge in [-0.2, -0.15) is 4.31 Å². The van der Waals surface area contributed by atoms with Gasteiger partial charge in [-0.3, -0.25) is 0 Å². The molecule has 2 bridgehead atoms. The molecule has 3 saturated heterocycles. The Morgan fingerprint density at radius 1 is 1.27 bits per heavy atom. The molecule has 1 aromatic heterocycles. The zero-order valence-electron chi connectivity index (χ0n) is 22.7. The molecule has 1 spiro atoms. The Kier molecular flexibility index (Phi) is 6.75. The molecule has 2 aliphatic carbocycles. The van der Waals surface area contributed by atoms with Gasteiger partial charge in [-0.15, -0.1) is 0 Å². The summed E-state index contributed by atoms with van der Waals surface area (Å²) in [7, 11) is -3.73. The molecule has 11 nitrogen and oxygen atoms in total. The summed E-state index contributed by atoms with van der Waals surface area (Å²) in [4.78, 5) is 17.5. The van der Waals surface area contributed by atoms with Crippen LogP contribution in [0.2, 0.25) is 0 Å². The van der Waals surface area contributed by atoms with Gasteiger partial charge in [0.05, 0.1) is 33.7 Å². The summed E-state index contributed by atoms with van der Waals surface area (Å²) < 4.78 is 53.1. The van der Waals surface area contributed by atoms with E-state index in [1.807, 2.05) is 13.8 Å². The minimum Gasteiger partial charge on any atom is -0.441 e. The summed E-state index contributed by atoms with van der Waals surface area (Å²) >= 11 is 1.48. The minimum absolute atomic E-state index is 0.105. The first kappa shape index (κ1) is 26.8. The Labute approximate surface area is 237 Å². The molecule has 7 rings (SSSR count). The summed E-state index contributed by atoms with van der Waals surface area (Å²) in [5, 5.41) is 7.02. The standard InChI is InChI=1S/C27H36N4O7S2/c1-15(2)12-31(40(33,34)17-6-7-19-21(10-17)39-25(30-19)29-16-4-5-16)9-3-8-28-26(32)38-22-20-11-18-24(37-20)36-14-27(18)13-35-23(22)27/h6-7,10,15-16,18,20,22-24H,3-5,8-9,11-14H2,1-2H3,(H,28,32)(H,29,30). The molecule has 40 heavy (non-hydrogen) atoms. The van der Waals surface area contributed by atoms with Crippen LogP contribution in [0.4, 0.5) is 9.93 Å². The normalized spacial score (nSPS) is 32.4. The largest absolute Gasteiger partial charge is 0.441 e. The topological polar surface area (TPSA) is 128 Å². The van der Waals surface area contributed by atoms with Crippen molar-refractivity contribution in [2.24, 2.45) is 17.3 Å². The zero-order chi connectivity index (χ0) is 27.6. The number of sulfonamides is 1. The average Bonchev–Trinajstić information content (AvgIpc) is 3.30. The number of nitrogens with zero attached hydrogens (tertiary/aromatic N) is 2. The average molecular weight is 593 g/mol. The summed E-state index contributed by atoms with van der Waals surface area (Å²) in [5.74, 6) is 0.455. The lowest BCUT2D eigenvalue weighted by molar-refractivity contribution is -0.273. The number of carbonyl (C=O) groups is 1. The third-order valence-corrected chi connectivity index (χ3v) is 11.5. The molecule has 1 aromatic carbocycles. The van der Waals surface area contributed by atoms with E-state index in [2.05, 4.69) is 15.6 Å². The molecule has 6 unspecified atom stereocenters. The molecule has 4 heterocycles. The van der Waals surface area contributed by atoms with Gasteiger partial charge in [-0.1, -0.05) is 25.2 Å². The first-order chi connectivity index (χ1) is 19.2. The fourth-order valence-corrected chi connectivity index (χ4v) is 9.22. The predicted molar refractivity (Wildman–Crippen MR) is 148 cm³/mol. The van der Waals surface area contributed by atoms with Gasteiger partial charge in [-0.05, 0) is 49.8 Å². The monoisotopic (exact) mass is 592 g/mol. The molecule has 1 amide bonds. The quantitative estimate of drug-likeness (QED) is 0.378. The van der Waals surface area contributed by atoms with Crippen LogP contribution >= 0.6 is 11.3 Å². The maximum Gasteiger partial charge on any atom is 0.407 e. The highest BCUT2D eigenvalue weighted by molar-refractivity contribution is 7.89. The van der Waals surface area contributed by atoms with Crippen LogP contribution in [0.15, 0.2) is 23.1 Å². The number of fused-ring (bicyclic) bond motifs is 2. The highest BCUT2D eigenvalue weighted by Gasteiger charge is 2.72. The number of aromatic nitrogens is 1. The number of alkyl carbamates (subject to hydrolysis) is 1. The Morgan fingerprint density at radius 3 is 2.85 bits per heavy atom. The Morgan fingerprint density at radius 2 is 2.10 bits per heavy atom. The number of hydrogen-bond acceptors (Lipinski definition) is 10. The molecule has 13 heteroatoms. The van der Waals surface area contributed by atoms with Crippen LogP contribution in [0, 0.1) is 17.3 Å². The predicted octanol–water partition coefficient (Wildman–Crippen LogP) is 3.16. The number of ether oxygens (including phenoxy) is 4. The fourth-order valence-electron chi connectivity index (χ4n) is 6.50. The van der Waals surface area contributed by atoms with E-state index in [1.54, 1.807) is 18.2 Å². The maximum atomic E-state index is 13.6. The Balaban J connectivity index is 0.956. The van der Waals surface area contributed by atoms with E-state index in [0.29, 0.717) is 38.1 Å². The number of amides is 1. The van der Waals surface area contributed by atoms with Crippen molar-refractivity contribution in [1.29, 1.82) is 0 Å². The van der Waals surface area contributed by atoms with E-state index in [1.165, 1.54) is 15.6 Å². The first-order valence-electron chi connectivity index (χ1n) is 14.2. The van der Waals surface area contributed by atoms with Gasteiger partial charge >= 0.3 is 6.09 Å². The number of benzene rings is 1. The van der Waals surface area contributed by atoms with Crippen molar-refractivity contribution in [1.82, 2.24) is 14.6 Å². The molecule has 0 radical (unpaired) electrons. The number of carbonyl (C=O) groups excluding carboxylic acids is 1. The van der Waals surface area contributed by atoms with E-state index in [-0.39, 0.29) is 47.8 Å². The molecule has 218 valence electrons. The molecular formula is C27H36N4O7S2.